The number of aliphatic carboxylic acids is 1. The number of aromatic nitrogens is 1. The number of carbonyl (C=O) groups is 3. The molecule has 2 aromatic carbocycles. The smallest absolute Gasteiger partial charge is 0.328 e. The maximum Gasteiger partial charge on any atom is 0.328 e. The first-order valence-electron chi connectivity index (χ1n) is 9.79. The number of sulfonamides is 1. The number of hydrogen-bond donors (Lipinski definition) is 4. The van der Waals surface area contributed by atoms with Crippen molar-refractivity contribution in [1.82, 2.24) is 14.6 Å². The summed E-state index contributed by atoms with van der Waals surface area (Å²) in [7, 11) is -0.990. The highest BCUT2D eigenvalue weighted by Crippen LogP contribution is 2.34. The van der Waals surface area contributed by atoms with Crippen LogP contribution in [0.15, 0.2) is 47.4 Å². The van der Waals surface area contributed by atoms with Gasteiger partial charge in [0, 0.05) is 24.7 Å². The first-order valence-corrected chi connectivity index (χ1v) is 11.7. The van der Waals surface area contributed by atoms with Gasteiger partial charge in [-0.25, -0.2) is 17.9 Å². The molecule has 0 aliphatic heterocycles. The van der Waals surface area contributed by atoms with Crippen LogP contribution in [-0.2, 0) is 21.9 Å². The minimum Gasteiger partial charge on any atom is -0.495 e. The summed E-state index contributed by atoms with van der Waals surface area (Å²) in [4.78, 5) is 34.7. The molecule has 0 spiro atoms. The molecule has 1 heterocycles. The highest BCUT2D eigenvalue weighted by molar-refractivity contribution is 7.90. The number of halogens is 1. The van der Waals surface area contributed by atoms with Crippen LogP contribution in [0.3, 0.4) is 0 Å². The lowest BCUT2D eigenvalue weighted by Gasteiger charge is -2.10. The molecule has 3 rings (SSSR count). The maximum atomic E-state index is 12.8. The average Bonchev–Trinajstić information content (AvgIpc) is 3.11. The van der Waals surface area contributed by atoms with Crippen LogP contribution in [0.4, 0.5) is 10.5 Å². The standard InChI is InChI=1S/C21H21ClN4O7S/c1-26-15-7-8-17(33-2)19(22)14(15)11-16(26)20(29)24-12-3-5-13(6-4-12)34(31,32)25-21(30)23-10-9-18(27)28/h3-8,11H,9-10H2,1-2H3,(H,24,29)(H,27,28)(H2,23,25,30). The predicted octanol–water partition coefficient (Wildman–Crippen LogP) is 2.56. The quantitative estimate of drug-likeness (QED) is 0.364. The first kappa shape index (κ1) is 24.9. The van der Waals surface area contributed by atoms with Crippen LogP contribution in [0, 0.1) is 0 Å². The summed E-state index contributed by atoms with van der Waals surface area (Å²) in [5.41, 5.74) is 1.37. The molecule has 34 heavy (non-hydrogen) atoms. The summed E-state index contributed by atoms with van der Waals surface area (Å²) < 4.78 is 33.3. The van der Waals surface area contributed by atoms with Crippen LogP contribution in [0.25, 0.3) is 10.9 Å². The zero-order chi connectivity index (χ0) is 25.0. The summed E-state index contributed by atoms with van der Waals surface area (Å²) in [5, 5.41) is 14.4. The molecule has 0 unspecified atom stereocenters. The maximum absolute atomic E-state index is 12.8. The third kappa shape index (κ3) is 5.41. The predicted molar refractivity (Wildman–Crippen MR) is 125 cm³/mol. The number of carboxylic acid groups (broad SMARTS) is 1. The first-order chi connectivity index (χ1) is 16.0. The number of hydrogen-bond acceptors (Lipinski definition) is 6. The van der Waals surface area contributed by atoms with E-state index < -0.39 is 27.9 Å². The second-order valence-corrected chi connectivity index (χ2v) is 9.15. The number of urea groups is 1. The number of amides is 3. The van der Waals surface area contributed by atoms with E-state index in [1.54, 1.807) is 34.5 Å². The zero-order valence-corrected chi connectivity index (χ0v) is 19.7. The fourth-order valence-corrected chi connectivity index (χ4v) is 4.36. The molecule has 4 N–H and O–H groups in total. The Balaban J connectivity index is 1.71. The molecule has 0 saturated heterocycles. The van der Waals surface area contributed by atoms with Gasteiger partial charge in [0.05, 0.1) is 29.0 Å². The molecule has 0 radical (unpaired) electrons. The molecular weight excluding hydrogens is 488 g/mol. The normalized spacial score (nSPS) is 11.1. The van der Waals surface area contributed by atoms with Crippen molar-refractivity contribution in [1.29, 1.82) is 0 Å². The third-order valence-electron chi connectivity index (χ3n) is 4.85. The Morgan fingerprint density at radius 2 is 1.79 bits per heavy atom. The molecule has 0 saturated carbocycles. The lowest BCUT2D eigenvalue weighted by molar-refractivity contribution is -0.136. The number of fused-ring (bicyclic) bond motifs is 1. The van der Waals surface area contributed by atoms with Crippen molar-refractivity contribution >= 4 is 56.1 Å². The van der Waals surface area contributed by atoms with Crippen LogP contribution in [0.1, 0.15) is 16.9 Å². The number of ether oxygens (including phenoxy) is 1. The van der Waals surface area contributed by atoms with Crippen molar-refractivity contribution in [2.45, 2.75) is 11.3 Å². The molecule has 0 atom stereocenters. The lowest BCUT2D eigenvalue weighted by Crippen LogP contribution is -2.40. The highest BCUT2D eigenvalue weighted by atomic mass is 35.5. The van der Waals surface area contributed by atoms with Gasteiger partial charge in [0.1, 0.15) is 11.4 Å². The number of carbonyl (C=O) groups excluding carboxylic acids is 2. The van der Waals surface area contributed by atoms with Gasteiger partial charge < -0.3 is 25.0 Å². The molecule has 0 bridgehead atoms. The van der Waals surface area contributed by atoms with E-state index in [-0.39, 0.29) is 17.9 Å². The summed E-state index contributed by atoms with van der Waals surface area (Å²) in [6.45, 7) is -0.228. The van der Waals surface area contributed by atoms with Gasteiger partial charge in [-0.1, -0.05) is 11.6 Å². The molecule has 3 amide bonds. The van der Waals surface area contributed by atoms with Gasteiger partial charge >= 0.3 is 12.0 Å². The van der Waals surface area contributed by atoms with E-state index in [4.69, 9.17) is 21.4 Å². The number of nitrogens with one attached hydrogen (secondary N) is 3. The summed E-state index contributed by atoms with van der Waals surface area (Å²) in [6.07, 6.45) is -0.349. The van der Waals surface area contributed by atoms with Gasteiger partial charge in [0.2, 0.25) is 0 Å². The summed E-state index contributed by atoms with van der Waals surface area (Å²) in [6, 6.07) is 9.22. The molecule has 0 aliphatic carbocycles. The Bertz CT molecular complexity index is 1370. The fraction of sp³-hybridized carbons (Fsp3) is 0.190. The van der Waals surface area contributed by atoms with Gasteiger partial charge in [-0.2, -0.15) is 0 Å². The molecule has 3 aromatic rings. The lowest BCUT2D eigenvalue weighted by atomic mass is 10.2. The second kappa shape index (κ2) is 10.0. The third-order valence-corrected chi connectivity index (χ3v) is 6.59. The van der Waals surface area contributed by atoms with Crippen molar-refractivity contribution in [3.8, 4) is 5.75 Å². The molecule has 0 aliphatic rings. The van der Waals surface area contributed by atoms with Crippen molar-refractivity contribution < 1.29 is 32.6 Å². The fourth-order valence-electron chi connectivity index (χ4n) is 3.14. The number of methoxy groups -OCH3 is 1. The Labute approximate surface area is 199 Å². The Morgan fingerprint density at radius 1 is 1.12 bits per heavy atom. The van der Waals surface area contributed by atoms with E-state index in [0.29, 0.717) is 27.5 Å². The zero-order valence-electron chi connectivity index (χ0n) is 18.1. The van der Waals surface area contributed by atoms with Gasteiger partial charge in [0.25, 0.3) is 15.9 Å². The highest BCUT2D eigenvalue weighted by Gasteiger charge is 2.19. The monoisotopic (exact) mass is 508 g/mol. The summed E-state index contributed by atoms with van der Waals surface area (Å²) in [5.74, 6) is -1.10. The van der Waals surface area contributed by atoms with Gasteiger partial charge in [-0.15, -0.1) is 0 Å². The van der Waals surface area contributed by atoms with Crippen LogP contribution in [0.5, 0.6) is 5.75 Å². The minimum atomic E-state index is -4.20. The van der Waals surface area contributed by atoms with Gasteiger partial charge in [-0.05, 0) is 42.5 Å². The average molecular weight is 509 g/mol. The van der Waals surface area contributed by atoms with Crippen LogP contribution in [-0.4, -0.2) is 49.7 Å². The van der Waals surface area contributed by atoms with Crippen LogP contribution >= 0.6 is 11.6 Å². The van der Waals surface area contributed by atoms with Crippen LogP contribution in [0.2, 0.25) is 5.02 Å². The Hall–Kier alpha value is -3.77. The summed E-state index contributed by atoms with van der Waals surface area (Å²) >= 11 is 6.34. The molecule has 180 valence electrons. The van der Waals surface area contributed by atoms with E-state index in [1.807, 2.05) is 0 Å². The van der Waals surface area contributed by atoms with Gasteiger partial charge in [-0.3, -0.25) is 9.59 Å². The number of rotatable bonds is 8. The second-order valence-electron chi connectivity index (χ2n) is 7.09. The van der Waals surface area contributed by atoms with E-state index in [9.17, 15) is 22.8 Å². The minimum absolute atomic E-state index is 0.220. The number of anilines is 1. The van der Waals surface area contributed by atoms with E-state index in [0.717, 1.165) is 5.52 Å². The van der Waals surface area contributed by atoms with E-state index in [2.05, 4.69) is 10.6 Å². The number of aryl methyl sites for hydroxylation is 1. The van der Waals surface area contributed by atoms with Crippen molar-refractivity contribution in [3.63, 3.8) is 0 Å². The number of carboxylic acids is 1. The Kier molecular flexibility index (Phi) is 7.32. The number of benzene rings is 2. The SMILES string of the molecule is COc1ccc2c(cc(C(=O)Nc3ccc(S(=O)(=O)NC(=O)NCCC(=O)O)cc3)n2C)c1Cl. The van der Waals surface area contributed by atoms with E-state index in [1.165, 1.54) is 31.4 Å². The van der Waals surface area contributed by atoms with Crippen molar-refractivity contribution in [2.24, 2.45) is 7.05 Å². The molecular formula is C21H21ClN4O7S. The largest absolute Gasteiger partial charge is 0.495 e. The van der Waals surface area contributed by atoms with Crippen molar-refractivity contribution in [2.75, 3.05) is 19.0 Å². The van der Waals surface area contributed by atoms with Crippen LogP contribution < -0.4 is 20.1 Å². The Morgan fingerprint density at radius 3 is 2.41 bits per heavy atom. The molecule has 11 nitrogen and oxygen atoms in total. The number of nitrogens with zero attached hydrogens (tertiary/aromatic N) is 1. The van der Waals surface area contributed by atoms with Crippen molar-refractivity contribution in [3.05, 3.63) is 53.2 Å². The molecule has 13 heteroatoms. The van der Waals surface area contributed by atoms with Gasteiger partial charge in [0.15, 0.2) is 0 Å². The molecule has 1 aromatic heterocycles. The molecule has 0 fully saturated rings. The van der Waals surface area contributed by atoms with E-state index >= 15 is 0 Å². The topological polar surface area (TPSA) is 156 Å².